The first kappa shape index (κ1) is 19.4. The lowest BCUT2D eigenvalue weighted by atomic mass is 10.1. The van der Waals surface area contributed by atoms with Crippen molar-refractivity contribution in [3.05, 3.63) is 58.0 Å². The van der Waals surface area contributed by atoms with E-state index in [-0.39, 0.29) is 23.2 Å². The van der Waals surface area contributed by atoms with E-state index in [1.54, 1.807) is 18.4 Å². The van der Waals surface area contributed by atoms with Crippen molar-refractivity contribution < 1.29 is 14.1 Å². The van der Waals surface area contributed by atoms with E-state index in [9.17, 15) is 14.9 Å². The molecule has 1 aromatic carbocycles. The predicted molar refractivity (Wildman–Crippen MR) is 109 cm³/mol. The summed E-state index contributed by atoms with van der Waals surface area (Å²) < 4.78 is 5.61. The average Bonchev–Trinajstić information content (AvgIpc) is 3.39. The molecule has 0 bridgehead atoms. The number of nitrogens with zero attached hydrogens (tertiary/aromatic N) is 2. The number of benzene rings is 1. The summed E-state index contributed by atoms with van der Waals surface area (Å²) in [5.74, 6) is 0.502. The third kappa shape index (κ3) is 4.76. The molecule has 1 amide bonds. The maximum Gasteiger partial charge on any atom is 0.293 e. The molecule has 1 atom stereocenters. The number of likely N-dealkylation sites (tertiary alicyclic amines) is 1. The minimum absolute atomic E-state index is 0.0416. The predicted octanol–water partition coefficient (Wildman–Crippen LogP) is 3.72. The first-order valence-corrected chi connectivity index (χ1v) is 10.2. The topological polar surface area (TPSA) is 101 Å². The molecule has 1 aromatic heterocycles. The van der Waals surface area contributed by atoms with Gasteiger partial charge in [0.1, 0.15) is 11.4 Å². The number of nitro benzene ring substituents is 1. The molecular formula is C21H26N4O4. The van der Waals surface area contributed by atoms with Crippen LogP contribution < -0.4 is 10.6 Å². The van der Waals surface area contributed by atoms with Crippen LogP contribution in [-0.4, -0.2) is 41.4 Å². The molecule has 29 heavy (non-hydrogen) atoms. The van der Waals surface area contributed by atoms with Crippen molar-refractivity contribution in [1.29, 1.82) is 0 Å². The Kier molecular flexibility index (Phi) is 5.80. The Morgan fingerprint density at radius 1 is 1.24 bits per heavy atom. The minimum Gasteiger partial charge on any atom is -0.468 e. The first-order valence-electron chi connectivity index (χ1n) is 10.2. The number of hydrogen-bond acceptors (Lipinski definition) is 6. The molecule has 2 aliphatic rings. The Labute approximate surface area is 169 Å². The van der Waals surface area contributed by atoms with Crippen molar-refractivity contribution >= 4 is 17.3 Å². The van der Waals surface area contributed by atoms with E-state index in [0.29, 0.717) is 18.3 Å². The van der Waals surface area contributed by atoms with E-state index in [2.05, 4.69) is 15.5 Å². The Morgan fingerprint density at radius 2 is 2.03 bits per heavy atom. The summed E-state index contributed by atoms with van der Waals surface area (Å²) in [5.41, 5.74) is 0.689. The van der Waals surface area contributed by atoms with Crippen LogP contribution in [0.15, 0.2) is 41.0 Å². The summed E-state index contributed by atoms with van der Waals surface area (Å²) in [4.78, 5) is 26.0. The second kappa shape index (κ2) is 8.65. The number of piperidine rings is 1. The molecule has 2 N–H and O–H groups in total. The third-order valence-corrected chi connectivity index (χ3v) is 5.55. The van der Waals surface area contributed by atoms with Gasteiger partial charge in [-0.25, -0.2) is 0 Å². The van der Waals surface area contributed by atoms with E-state index >= 15 is 0 Å². The summed E-state index contributed by atoms with van der Waals surface area (Å²) in [7, 11) is 0. The molecule has 2 heterocycles. The fraction of sp³-hybridized carbons (Fsp3) is 0.476. The van der Waals surface area contributed by atoms with Crippen LogP contribution in [0.2, 0.25) is 0 Å². The highest BCUT2D eigenvalue weighted by Gasteiger charge is 2.27. The van der Waals surface area contributed by atoms with E-state index < -0.39 is 4.92 Å². The minimum atomic E-state index is -0.444. The van der Waals surface area contributed by atoms with Crippen LogP contribution in [0.1, 0.15) is 54.3 Å². The molecule has 154 valence electrons. The van der Waals surface area contributed by atoms with Crippen molar-refractivity contribution in [1.82, 2.24) is 10.2 Å². The highest BCUT2D eigenvalue weighted by molar-refractivity contribution is 5.95. The van der Waals surface area contributed by atoms with E-state index in [0.717, 1.165) is 44.5 Å². The van der Waals surface area contributed by atoms with Crippen LogP contribution in [0.25, 0.3) is 0 Å². The molecule has 1 aliphatic carbocycles. The van der Waals surface area contributed by atoms with E-state index in [1.807, 2.05) is 12.1 Å². The van der Waals surface area contributed by atoms with Gasteiger partial charge in [0.05, 0.1) is 17.2 Å². The second-order valence-corrected chi connectivity index (χ2v) is 7.75. The molecule has 0 radical (unpaired) electrons. The molecule has 0 spiro atoms. The van der Waals surface area contributed by atoms with Gasteiger partial charge in [-0.1, -0.05) is 6.42 Å². The monoisotopic (exact) mass is 398 g/mol. The average molecular weight is 398 g/mol. The summed E-state index contributed by atoms with van der Waals surface area (Å²) in [6.07, 6.45) is 7.16. The zero-order valence-corrected chi connectivity index (χ0v) is 16.3. The van der Waals surface area contributed by atoms with Crippen molar-refractivity contribution in [2.24, 2.45) is 0 Å². The molecule has 8 nitrogen and oxygen atoms in total. The van der Waals surface area contributed by atoms with Crippen LogP contribution in [0.5, 0.6) is 0 Å². The molecule has 2 fully saturated rings. The number of hydrogen-bond donors (Lipinski definition) is 2. The molecule has 1 aliphatic heterocycles. The normalized spacial score (nSPS) is 18.2. The zero-order valence-electron chi connectivity index (χ0n) is 16.3. The Hall–Kier alpha value is -2.87. The van der Waals surface area contributed by atoms with Gasteiger partial charge >= 0.3 is 0 Å². The lowest BCUT2D eigenvalue weighted by Gasteiger charge is -2.33. The fourth-order valence-electron chi connectivity index (χ4n) is 3.81. The van der Waals surface area contributed by atoms with Gasteiger partial charge in [-0.2, -0.15) is 0 Å². The second-order valence-electron chi connectivity index (χ2n) is 7.75. The number of carbonyl (C=O) groups is 1. The molecule has 4 rings (SSSR count). The van der Waals surface area contributed by atoms with Crippen LogP contribution in [0.4, 0.5) is 11.4 Å². The van der Waals surface area contributed by atoms with Crippen LogP contribution in [0, 0.1) is 10.1 Å². The summed E-state index contributed by atoms with van der Waals surface area (Å²) >= 11 is 0. The van der Waals surface area contributed by atoms with Gasteiger partial charge in [0.25, 0.3) is 11.6 Å². The van der Waals surface area contributed by atoms with Crippen LogP contribution in [-0.2, 0) is 0 Å². The van der Waals surface area contributed by atoms with Gasteiger partial charge in [0.15, 0.2) is 0 Å². The van der Waals surface area contributed by atoms with Crippen molar-refractivity contribution in [2.45, 2.75) is 44.2 Å². The number of anilines is 1. The summed E-state index contributed by atoms with van der Waals surface area (Å²) in [6.45, 7) is 2.32. The van der Waals surface area contributed by atoms with Crippen molar-refractivity contribution in [3.63, 3.8) is 0 Å². The van der Waals surface area contributed by atoms with Crippen molar-refractivity contribution in [3.8, 4) is 0 Å². The van der Waals surface area contributed by atoms with Crippen LogP contribution in [0.3, 0.4) is 0 Å². The molecular weight excluding hydrogens is 372 g/mol. The van der Waals surface area contributed by atoms with Crippen LogP contribution >= 0.6 is 0 Å². The fourth-order valence-corrected chi connectivity index (χ4v) is 3.81. The molecule has 0 unspecified atom stereocenters. The third-order valence-electron chi connectivity index (χ3n) is 5.55. The van der Waals surface area contributed by atoms with E-state index in [4.69, 9.17) is 4.42 Å². The van der Waals surface area contributed by atoms with Gasteiger partial charge in [-0.15, -0.1) is 0 Å². The number of carbonyl (C=O) groups excluding carboxylic acids is 1. The van der Waals surface area contributed by atoms with Gasteiger partial charge in [0, 0.05) is 24.2 Å². The first-order chi connectivity index (χ1) is 14.1. The highest BCUT2D eigenvalue weighted by Crippen LogP contribution is 2.31. The number of rotatable bonds is 8. The number of amides is 1. The summed E-state index contributed by atoms with van der Waals surface area (Å²) in [6, 6.07) is 8.64. The lowest BCUT2D eigenvalue weighted by Crippen LogP contribution is -2.40. The maximum absolute atomic E-state index is 12.7. The molecule has 8 heteroatoms. The van der Waals surface area contributed by atoms with Crippen molar-refractivity contribution in [2.75, 3.05) is 25.0 Å². The van der Waals surface area contributed by atoms with Gasteiger partial charge < -0.3 is 15.1 Å². The maximum atomic E-state index is 12.7. The SMILES string of the molecule is O=C(NC[C@H](c1ccco1)N1CCCCC1)c1ccc(NC2CC2)c([N+](=O)[O-])c1. The standard InChI is InChI=1S/C21H26N4O4/c26-21(15-6-9-17(23-16-7-8-16)18(13-15)25(27)28)22-14-19(20-5-4-12-29-20)24-10-2-1-3-11-24/h4-6,9,12-13,16,19,23H,1-3,7-8,10-11,14H2,(H,22,26)/t19-/m1/s1. The Balaban J connectivity index is 1.46. The Morgan fingerprint density at radius 3 is 2.69 bits per heavy atom. The molecule has 2 aromatic rings. The quantitative estimate of drug-likeness (QED) is 0.519. The Bertz CT molecular complexity index is 858. The highest BCUT2D eigenvalue weighted by atomic mass is 16.6. The van der Waals surface area contributed by atoms with Gasteiger partial charge in [0.2, 0.25) is 0 Å². The zero-order chi connectivity index (χ0) is 20.2. The summed E-state index contributed by atoms with van der Waals surface area (Å²) in [5, 5.41) is 17.5. The number of nitro groups is 1. The molecule has 1 saturated heterocycles. The molecule has 1 saturated carbocycles. The van der Waals surface area contributed by atoms with Gasteiger partial charge in [-0.05, 0) is 63.0 Å². The smallest absolute Gasteiger partial charge is 0.293 e. The number of nitrogens with one attached hydrogen (secondary N) is 2. The van der Waals surface area contributed by atoms with E-state index in [1.165, 1.54) is 12.5 Å². The largest absolute Gasteiger partial charge is 0.468 e. The number of furan rings is 1. The lowest BCUT2D eigenvalue weighted by molar-refractivity contribution is -0.384. The van der Waals surface area contributed by atoms with Gasteiger partial charge in [-0.3, -0.25) is 19.8 Å².